The number of nitrogens with one attached hydrogen (secondary N) is 1. The van der Waals surface area contributed by atoms with Crippen LogP contribution in [0.1, 0.15) is 35.3 Å². The Balaban J connectivity index is 0.000000771. The Morgan fingerprint density at radius 2 is 2.06 bits per heavy atom. The van der Waals surface area contributed by atoms with E-state index in [2.05, 4.69) is 17.2 Å². The lowest BCUT2D eigenvalue weighted by Crippen LogP contribution is -2.10. The second-order valence-corrected chi connectivity index (χ2v) is 4.46. The molecule has 1 amide bonds. The summed E-state index contributed by atoms with van der Waals surface area (Å²) in [6.45, 7) is 6.08. The molecule has 0 saturated carbocycles. The van der Waals surface area contributed by atoms with Gasteiger partial charge in [-0.15, -0.1) is 11.3 Å². The lowest BCUT2D eigenvalue weighted by Gasteiger charge is -2.00. The molecule has 4 heteroatoms. The fraction of sp³-hybridized carbons (Fsp3) is 0.286. The van der Waals surface area contributed by atoms with Gasteiger partial charge in [-0.25, -0.2) is 4.98 Å². The predicted octanol–water partition coefficient (Wildman–Crippen LogP) is 3.98. The number of rotatable bonds is 3. The average Bonchev–Trinajstić information content (AvgIpc) is 2.91. The Hall–Kier alpha value is -1.68. The van der Waals surface area contributed by atoms with Crippen LogP contribution in [0.4, 0.5) is 5.82 Å². The molecule has 2 heterocycles. The van der Waals surface area contributed by atoms with E-state index in [4.69, 9.17) is 0 Å². The van der Waals surface area contributed by atoms with E-state index in [0.29, 0.717) is 5.82 Å². The minimum Gasteiger partial charge on any atom is -0.306 e. The second-order valence-electron chi connectivity index (χ2n) is 3.29. The molecule has 0 saturated heterocycles. The van der Waals surface area contributed by atoms with Gasteiger partial charge in [0.25, 0.3) is 5.91 Å². The number of aryl methyl sites for hydroxylation is 1. The molecule has 2 aromatic heterocycles. The van der Waals surface area contributed by atoms with Gasteiger partial charge >= 0.3 is 0 Å². The van der Waals surface area contributed by atoms with Gasteiger partial charge in [0, 0.05) is 11.1 Å². The molecule has 0 aliphatic carbocycles. The van der Waals surface area contributed by atoms with Gasteiger partial charge < -0.3 is 5.32 Å². The van der Waals surface area contributed by atoms with Crippen molar-refractivity contribution in [1.29, 1.82) is 0 Å². The highest BCUT2D eigenvalue weighted by Crippen LogP contribution is 2.17. The molecule has 0 spiro atoms. The molecule has 2 aromatic rings. The molecule has 0 fully saturated rings. The van der Waals surface area contributed by atoms with Crippen molar-refractivity contribution in [1.82, 2.24) is 4.98 Å². The summed E-state index contributed by atoms with van der Waals surface area (Å²) in [7, 11) is 0. The summed E-state index contributed by atoms with van der Waals surface area (Å²) in [5.41, 5.74) is 0. The van der Waals surface area contributed by atoms with Crippen molar-refractivity contribution in [2.24, 2.45) is 0 Å². The molecule has 0 atom stereocenters. The highest BCUT2D eigenvalue weighted by Gasteiger charge is 2.08. The van der Waals surface area contributed by atoms with Crippen LogP contribution in [-0.4, -0.2) is 10.9 Å². The van der Waals surface area contributed by atoms with E-state index in [1.165, 1.54) is 16.2 Å². The Morgan fingerprint density at radius 1 is 1.28 bits per heavy atom. The maximum absolute atomic E-state index is 11.8. The standard InChI is InChI=1S/C12H12N2OS.C2H6/c1-2-9-6-7-10(16-9)12(15)14-11-5-3-4-8-13-11;1-2/h3-8H,2H2,1H3,(H,13,14,15);1-2H3. The second kappa shape index (κ2) is 7.61. The molecule has 2 rings (SSSR count). The van der Waals surface area contributed by atoms with Gasteiger partial charge in [-0.05, 0) is 30.7 Å². The van der Waals surface area contributed by atoms with Crippen LogP contribution < -0.4 is 5.32 Å². The Kier molecular flexibility index (Phi) is 6.08. The van der Waals surface area contributed by atoms with E-state index in [9.17, 15) is 4.79 Å². The number of hydrogen-bond donors (Lipinski definition) is 1. The van der Waals surface area contributed by atoms with Gasteiger partial charge in [0.1, 0.15) is 5.82 Å². The highest BCUT2D eigenvalue weighted by molar-refractivity contribution is 7.14. The first-order valence-electron chi connectivity index (χ1n) is 6.10. The predicted molar refractivity (Wildman–Crippen MR) is 77.2 cm³/mol. The quantitative estimate of drug-likeness (QED) is 0.909. The maximum Gasteiger partial charge on any atom is 0.266 e. The Bertz CT molecular complexity index is 480. The van der Waals surface area contributed by atoms with Gasteiger partial charge in [0.15, 0.2) is 0 Å². The van der Waals surface area contributed by atoms with Crippen molar-refractivity contribution in [2.75, 3.05) is 5.32 Å². The lowest BCUT2D eigenvalue weighted by atomic mass is 10.3. The molecule has 0 radical (unpaired) electrons. The lowest BCUT2D eigenvalue weighted by molar-refractivity contribution is 0.103. The average molecular weight is 262 g/mol. The number of nitrogens with zero attached hydrogens (tertiary/aromatic N) is 1. The van der Waals surface area contributed by atoms with E-state index in [1.807, 2.05) is 38.1 Å². The highest BCUT2D eigenvalue weighted by atomic mass is 32.1. The van der Waals surface area contributed by atoms with E-state index < -0.39 is 0 Å². The fourth-order valence-electron chi connectivity index (χ4n) is 1.30. The largest absolute Gasteiger partial charge is 0.306 e. The zero-order valence-electron chi connectivity index (χ0n) is 10.9. The van der Waals surface area contributed by atoms with Crippen LogP contribution in [0.15, 0.2) is 36.5 Å². The van der Waals surface area contributed by atoms with Crippen molar-refractivity contribution in [3.05, 3.63) is 46.3 Å². The summed E-state index contributed by atoms with van der Waals surface area (Å²) >= 11 is 1.52. The third-order valence-corrected chi connectivity index (χ3v) is 3.37. The SMILES string of the molecule is CC.CCc1ccc(C(=O)Nc2ccccn2)s1. The first kappa shape index (κ1) is 14.4. The molecule has 1 N–H and O–H groups in total. The first-order chi connectivity index (χ1) is 8.79. The third-order valence-electron chi connectivity index (χ3n) is 2.14. The first-order valence-corrected chi connectivity index (χ1v) is 6.92. The van der Waals surface area contributed by atoms with Crippen LogP contribution in [0.5, 0.6) is 0 Å². The van der Waals surface area contributed by atoms with E-state index >= 15 is 0 Å². The van der Waals surface area contributed by atoms with Gasteiger partial charge in [0.05, 0.1) is 4.88 Å². The van der Waals surface area contributed by atoms with Gasteiger partial charge in [-0.1, -0.05) is 26.8 Å². The Labute approximate surface area is 112 Å². The van der Waals surface area contributed by atoms with Crippen LogP contribution in [0.3, 0.4) is 0 Å². The zero-order valence-corrected chi connectivity index (χ0v) is 11.8. The minimum atomic E-state index is -0.0941. The van der Waals surface area contributed by atoms with E-state index in [1.54, 1.807) is 12.3 Å². The number of aromatic nitrogens is 1. The summed E-state index contributed by atoms with van der Waals surface area (Å²) in [4.78, 5) is 17.8. The maximum atomic E-state index is 11.8. The molecular formula is C14H18N2OS. The molecule has 0 aromatic carbocycles. The van der Waals surface area contributed by atoms with E-state index in [0.717, 1.165) is 11.3 Å². The Morgan fingerprint density at radius 3 is 2.61 bits per heavy atom. The monoisotopic (exact) mass is 262 g/mol. The van der Waals surface area contributed by atoms with Crippen LogP contribution in [0.25, 0.3) is 0 Å². The summed E-state index contributed by atoms with van der Waals surface area (Å²) < 4.78 is 0. The van der Waals surface area contributed by atoms with Crippen molar-refractivity contribution >= 4 is 23.1 Å². The summed E-state index contributed by atoms with van der Waals surface area (Å²) in [5.74, 6) is 0.488. The van der Waals surface area contributed by atoms with Crippen molar-refractivity contribution in [2.45, 2.75) is 27.2 Å². The molecule has 96 valence electrons. The van der Waals surface area contributed by atoms with Crippen molar-refractivity contribution in [3.8, 4) is 0 Å². The third kappa shape index (κ3) is 3.96. The van der Waals surface area contributed by atoms with Crippen LogP contribution in [-0.2, 0) is 6.42 Å². The topological polar surface area (TPSA) is 42.0 Å². The molecule has 0 aliphatic rings. The normalized spacial score (nSPS) is 9.28. The number of hydrogen-bond acceptors (Lipinski definition) is 3. The minimum absolute atomic E-state index is 0.0941. The molecule has 0 aliphatic heterocycles. The fourth-order valence-corrected chi connectivity index (χ4v) is 2.15. The van der Waals surface area contributed by atoms with Crippen molar-refractivity contribution in [3.63, 3.8) is 0 Å². The number of pyridine rings is 1. The number of carbonyl (C=O) groups is 1. The van der Waals surface area contributed by atoms with Gasteiger partial charge in [-0.3, -0.25) is 4.79 Å². The molecule has 3 nitrogen and oxygen atoms in total. The number of carbonyl (C=O) groups excluding carboxylic acids is 1. The van der Waals surface area contributed by atoms with Crippen LogP contribution in [0, 0.1) is 0 Å². The smallest absolute Gasteiger partial charge is 0.266 e. The van der Waals surface area contributed by atoms with Crippen LogP contribution >= 0.6 is 11.3 Å². The molecule has 0 bridgehead atoms. The number of anilines is 1. The number of thiophene rings is 1. The van der Waals surface area contributed by atoms with Gasteiger partial charge in [0.2, 0.25) is 0 Å². The van der Waals surface area contributed by atoms with E-state index in [-0.39, 0.29) is 5.91 Å². The van der Waals surface area contributed by atoms with Crippen molar-refractivity contribution < 1.29 is 4.79 Å². The molecule has 18 heavy (non-hydrogen) atoms. The summed E-state index contributed by atoms with van der Waals surface area (Å²) in [5, 5.41) is 2.76. The molecule has 0 unspecified atom stereocenters. The number of amides is 1. The molecular weight excluding hydrogens is 244 g/mol. The van der Waals surface area contributed by atoms with Gasteiger partial charge in [-0.2, -0.15) is 0 Å². The summed E-state index contributed by atoms with van der Waals surface area (Å²) in [6.07, 6.45) is 2.61. The van der Waals surface area contributed by atoms with Crippen LogP contribution in [0.2, 0.25) is 0 Å². The summed E-state index contributed by atoms with van der Waals surface area (Å²) in [6, 6.07) is 9.26. The zero-order chi connectivity index (χ0) is 13.4.